The summed E-state index contributed by atoms with van der Waals surface area (Å²) in [6, 6.07) is 20.0. The van der Waals surface area contributed by atoms with Gasteiger partial charge in [-0.05, 0) is 11.1 Å². The molecule has 0 bridgehead atoms. The van der Waals surface area contributed by atoms with Crippen LogP contribution in [0.1, 0.15) is 17.5 Å². The van der Waals surface area contributed by atoms with E-state index < -0.39 is 11.5 Å². The zero-order valence-electron chi connectivity index (χ0n) is 11.7. The second-order valence-electron chi connectivity index (χ2n) is 4.98. The molecule has 21 heavy (non-hydrogen) atoms. The normalized spacial score (nSPS) is 16.0. The Hall–Kier alpha value is -2.62. The Balaban J connectivity index is 2.05. The van der Waals surface area contributed by atoms with Crippen molar-refractivity contribution >= 4 is 11.7 Å². The van der Waals surface area contributed by atoms with Gasteiger partial charge in [0.15, 0.2) is 0 Å². The van der Waals surface area contributed by atoms with Crippen molar-refractivity contribution in [1.29, 1.82) is 0 Å². The van der Waals surface area contributed by atoms with Crippen LogP contribution in [0.5, 0.6) is 0 Å². The van der Waals surface area contributed by atoms with Gasteiger partial charge in [-0.25, -0.2) is 4.79 Å². The van der Waals surface area contributed by atoms with Crippen molar-refractivity contribution in [2.45, 2.75) is 12.0 Å². The summed E-state index contributed by atoms with van der Waals surface area (Å²) in [5.41, 5.74) is 5.18. The second-order valence-corrected chi connectivity index (χ2v) is 4.98. The van der Waals surface area contributed by atoms with E-state index in [9.17, 15) is 4.79 Å². The fourth-order valence-electron chi connectivity index (χ4n) is 2.67. The summed E-state index contributed by atoms with van der Waals surface area (Å²) in [5.74, 6) is -0.392. The minimum Gasteiger partial charge on any atom is -0.464 e. The van der Waals surface area contributed by atoms with Crippen molar-refractivity contribution in [2.24, 2.45) is 5.10 Å². The maximum atomic E-state index is 11.8. The molecule has 0 aromatic heterocycles. The molecule has 1 aliphatic rings. The summed E-state index contributed by atoms with van der Waals surface area (Å²) in [4.78, 5) is 11.8. The van der Waals surface area contributed by atoms with Crippen LogP contribution >= 0.6 is 0 Å². The Morgan fingerprint density at radius 2 is 1.57 bits per heavy atom. The van der Waals surface area contributed by atoms with Crippen LogP contribution in [0.15, 0.2) is 65.8 Å². The molecule has 0 spiro atoms. The number of esters is 1. The zero-order chi connectivity index (χ0) is 14.7. The first-order chi connectivity index (χ1) is 10.3. The number of nitrogens with zero attached hydrogens (tertiary/aromatic N) is 1. The molecule has 0 saturated heterocycles. The molecule has 3 rings (SSSR count). The van der Waals surface area contributed by atoms with Gasteiger partial charge in [0.2, 0.25) is 0 Å². The average Bonchev–Trinajstić information content (AvgIpc) is 3.02. The molecule has 1 heterocycles. The lowest BCUT2D eigenvalue weighted by atomic mass is 9.80. The van der Waals surface area contributed by atoms with Crippen LogP contribution in [0.3, 0.4) is 0 Å². The molecule has 0 radical (unpaired) electrons. The first-order valence-corrected chi connectivity index (χ1v) is 6.79. The topological polar surface area (TPSA) is 50.7 Å². The maximum Gasteiger partial charge on any atom is 0.354 e. The highest BCUT2D eigenvalue weighted by Gasteiger charge is 2.41. The summed E-state index contributed by atoms with van der Waals surface area (Å²) in [6.45, 7) is 0. The van der Waals surface area contributed by atoms with E-state index in [2.05, 4.69) is 10.5 Å². The third-order valence-electron chi connectivity index (χ3n) is 3.77. The number of carbonyl (C=O) groups is 1. The van der Waals surface area contributed by atoms with E-state index in [-0.39, 0.29) is 0 Å². The molecular weight excluding hydrogens is 264 g/mol. The Labute approximate surface area is 123 Å². The monoisotopic (exact) mass is 280 g/mol. The molecule has 0 atom stereocenters. The van der Waals surface area contributed by atoms with Gasteiger partial charge in [-0.3, -0.25) is 5.43 Å². The molecule has 4 heteroatoms. The lowest BCUT2D eigenvalue weighted by Gasteiger charge is -2.30. The standard InChI is InChI=1S/C17H16N2O2/c1-21-16(20)15-12-17(19-18-15,13-8-4-2-5-9-13)14-10-6-3-7-11-14/h2-11,19H,12H2,1H3. The van der Waals surface area contributed by atoms with E-state index in [4.69, 9.17) is 4.74 Å². The number of nitrogens with one attached hydrogen (secondary N) is 1. The van der Waals surface area contributed by atoms with Crippen LogP contribution in [0.4, 0.5) is 0 Å². The molecule has 0 fully saturated rings. The van der Waals surface area contributed by atoms with Gasteiger partial charge in [-0.1, -0.05) is 60.7 Å². The van der Waals surface area contributed by atoms with Crippen LogP contribution in [0, 0.1) is 0 Å². The summed E-state index contributed by atoms with van der Waals surface area (Å²) >= 11 is 0. The summed E-state index contributed by atoms with van der Waals surface area (Å²) in [7, 11) is 1.37. The van der Waals surface area contributed by atoms with E-state index in [0.29, 0.717) is 12.1 Å². The maximum absolute atomic E-state index is 11.8. The number of ether oxygens (including phenoxy) is 1. The largest absolute Gasteiger partial charge is 0.464 e. The van der Waals surface area contributed by atoms with Crippen molar-refractivity contribution in [3.8, 4) is 0 Å². The highest BCUT2D eigenvalue weighted by molar-refractivity contribution is 6.37. The Morgan fingerprint density at radius 3 is 2.05 bits per heavy atom. The van der Waals surface area contributed by atoms with Crippen molar-refractivity contribution in [2.75, 3.05) is 7.11 Å². The molecule has 1 N–H and O–H groups in total. The van der Waals surface area contributed by atoms with Gasteiger partial charge in [0.25, 0.3) is 0 Å². The molecule has 1 aliphatic heterocycles. The first-order valence-electron chi connectivity index (χ1n) is 6.79. The molecular formula is C17H16N2O2. The minimum atomic E-state index is -0.522. The number of hydrazone groups is 1. The fraction of sp³-hybridized carbons (Fsp3) is 0.176. The molecule has 0 saturated carbocycles. The smallest absolute Gasteiger partial charge is 0.354 e. The van der Waals surface area contributed by atoms with Crippen LogP contribution < -0.4 is 5.43 Å². The van der Waals surface area contributed by atoms with Crippen LogP contribution in [-0.4, -0.2) is 18.8 Å². The Bertz CT molecular complexity index is 626. The zero-order valence-corrected chi connectivity index (χ0v) is 11.7. The third-order valence-corrected chi connectivity index (χ3v) is 3.77. The molecule has 0 aliphatic carbocycles. The lowest BCUT2D eigenvalue weighted by molar-refractivity contribution is -0.132. The molecule has 106 valence electrons. The average molecular weight is 280 g/mol. The number of benzene rings is 2. The van der Waals surface area contributed by atoms with Crippen LogP contribution in [0.2, 0.25) is 0 Å². The predicted molar refractivity (Wildman–Crippen MR) is 80.9 cm³/mol. The highest BCUT2D eigenvalue weighted by atomic mass is 16.5. The van der Waals surface area contributed by atoms with Crippen LogP contribution in [-0.2, 0) is 15.1 Å². The van der Waals surface area contributed by atoms with Crippen molar-refractivity contribution in [3.05, 3.63) is 71.8 Å². The molecule has 2 aromatic carbocycles. The van der Waals surface area contributed by atoms with Crippen molar-refractivity contribution < 1.29 is 9.53 Å². The predicted octanol–water partition coefficient (Wildman–Crippen LogP) is 2.45. The third kappa shape index (κ3) is 2.29. The summed E-state index contributed by atoms with van der Waals surface area (Å²) in [6.07, 6.45) is 0.466. The lowest BCUT2D eigenvalue weighted by Crippen LogP contribution is -2.37. The van der Waals surface area contributed by atoms with Gasteiger partial charge < -0.3 is 4.74 Å². The first kappa shape index (κ1) is 13.4. The number of rotatable bonds is 3. The van der Waals surface area contributed by atoms with E-state index in [1.165, 1.54) is 7.11 Å². The fourth-order valence-corrected chi connectivity index (χ4v) is 2.67. The van der Waals surface area contributed by atoms with Gasteiger partial charge >= 0.3 is 5.97 Å². The summed E-state index contributed by atoms with van der Waals surface area (Å²) in [5, 5.41) is 4.20. The number of hydrogen-bond donors (Lipinski definition) is 1. The van der Waals surface area contributed by atoms with Gasteiger partial charge in [0.1, 0.15) is 11.3 Å². The molecule has 2 aromatic rings. The summed E-state index contributed by atoms with van der Waals surface area (Å²) < 4.78 is 4.79. The number of carbonyl (C=O) groups excluding carboxylic acids is 1. The number of hydrogen-bond acceptors (Lipinski definition) is 4. The van der Waals surface area contributed by atoms with Gasteiger partial charge in [0, 0.05) is 6.42 Å². The van der Waals surface area contributed by atoms with E-state index in [1.54, 1.807) is 0 Å². The quantitative estimate of drug-likeness (QED) is 0.879. The van der Waals surface area contributed by atoms with E-state index in [0.717, 1.165) is 11.1 Å². The van der Waals surface area contributed by atoms with Gasteiger partial charge in [-0.15, -0.1) is 0 Å². The molecule has 0 unspecified atom stereocenters. The van der Waals surface area contributed by atoms with E-state index in [1.807, 2.05) is 60.7 Å². The van der Waals surface area contributed by atoms with Crippen LogP contribution in [0.25, 0.3) is 0 Å². The molecule has 4 nitrogen and oxygen atoms in total. The SMILES string of the molecule is COC(=O)C1=NNC(c2ccccc2)(c2ccccc2)C1. The highest BCUT2D eigenvalue weighted by Crippen LogP contribution is 2.36. The van der Waals surface area contributed by atoms with Gasteiger partial charge in [-0.2, -0.15) is 5.10 Å². The Morgan fingerprint density at radius 1 is 1.05 bits per heavy atom. The van der Waals surface area contributed by atoms with E-state index >= 15 is 0 Å². The minimum absolute atomic E-state index is 0.392. The van der Waals surface area contributed by atoms with Crippen molar-refractivity contribution in [3.63, 3.8) is 0 Å². The second kappa shape index (κ2) is 5.40. The molecule has 0 amide bonds. The van der Waals surface area contributed by atoms with Gasteiger partial charge in [0.05, 0.1) is 7.11 Å². The number of methoxy groups -OCH3 is 1. The van der Waals surface area contributed by atoms with Crippen molar-refractivity contribution in [1.82, 2.24) is 5.43 Å². The Kier molecular flexibility index (Phi) is 3.44.